The first kappa shape index (κ1) is 16.5. The molecule has 0 atom stereocenters. The summed E-state index contributed by atoms with van der Waals surface area (Å²) < 4.78 is 13.8. The van der Waals surface area contributed by atoms with Crippen molar-refractivity contribution in [3.05, 3.63) is 34.1 Å². The molecular weight excluding hydrogens is 333 g/mol. The lowest BCUT2D eigenvalue weighted by molar-refractivity contribution is 0.0713. The Hall–Kier alpha value is -0.900. The van der Waals surface area contributed by atoms with E-state index in [1.165, 1.54) is 6.07 Å². The van der Waals surface area contributed by atoms with Crippen LogP contribution in [-0.2, 0) is 0 Å². The van der Waals surface area contributed by atoms with Gasteiger partial charge in [-0.2, -0.15) is 0 Å². The summed E-state index contributed by atoms with van der Waals surface area (Å²) in [5.74, 6) is -0.619. The molecule has 1 aliphatic rings. The van der Waals surface area contributed by atoms with Crippen LogP contribution in [0.1, 0.15) is 57.3 Å². The van der Waals surface area contributed by atoms with Gasteiger partial charge in [-0.25, -0.2) is 4.39 Å². The van der Waals surface area contributed by atoms with Crippen molar-refractivity contribution in [3.63, 3.8) is 0 Å². The molecule has 1 aliphatic carbocycles. The SMILES string of the molecule is CC1(C)CC(NC(=O)c2cccc(F)c2Br)CC(C)(C)C1. The molecule has 0 aliphatic heterocycles. The van der Waals surface area contributed by atoms with Gasteiger partial charge in [0.05, 0.1) is 10.0 Å². The normalized spacial score (nSPS) is 21.0. The van der Waals surface area contributed by atoms with Crippen LogP contribution in [0.25, 0.3) is 0 Å². The second-order valence-electron chi connectivity index (χ2n) is 7.69. The van der Waals surface area contributed by atoms with Crippen LogP contribution in [0.4, 0.5) is 4.39 Å². The lowest BCUT2D eigenvalue weighted by Gasteiger charge is -2.45. The van der Waals surface area contributed by atoms with E-state index in [0.717, 1.165) is 19.3 Å². The fraction of sp³-hybridized carbons (Fsp3) is 0.588. The van der Waals surface area contributed by atoms with Gasteiger partial charge in [-0.1, -0.05) is 33.8 Å². The van der Waals surface area contributed by atoms with Gasteiger partial charge >= 0.3 is 0 Å². The summed E-state index contributed by atoms with van der Waals surface area (Å²) in [7, 11) is 0. The second kappa shape index (κ2) is 5.71. The van der Waals surface area contributed by atoms with Crippen molar-refractivity contribution in [2.24, 2.45) is 10.8 Å². The van der Waals surface area contributed by atoms with Crippen LogP contribution in [0.3, 0.4) is 0 Å². The Morgan fingerprint density at radius 2 is 1.81 bits per heavy atom. The van der Waals surface area contributed by atoms with Crippen LogP contribution in [0.15, 0.2) is 22.7 Å². The van der Waals surface area contributed by atoms with Crippen LogP contribution < -0.4 is 5.32 Å². The average molecular weight is 356 g/mol. The molecule has 1 N–H and O–H groups in total. The Bertz CT molecular complexity index is 538. The Morgan fingerprint density at radius 3 is 2.38 bits per heavy atom. The van der Waals surface area contributed by atoms with Crippen molar-refractivity contribution in [1.29, 1.82) is 0 Å². The third-order valence-corrected chi connectivity index (χ3v) is 4.89. The molecule has 0 radical (unpaired) electrons. The highest BCUT2D eigenvalue weighted by molar-refractivity contribution is 9.10. The molecule has 4 heteroatoms. The summed E-state index contributed by atoms with van der Waals surface area (Å²) in [6.07, 6.45) is 3.06. The van der Waals surface area contributed by atoms with Gasteiger partial charge in [0.2, 0.25) is 0 Å². The largest absolute Gasteiger partial charge is 0.349 e. The van der Waals surface area contributed by atoms with E-state index in [2.05, 4.69) is 48.9 Å². The number of amides is 1. The van der Waals surface area contributed by atoms with E-state index in [0.29, 0.717) is 5.56 Å². The number of hydrogen-bond donors (Lipinski definition) is 1. The molecule has 0 saturated heterocycles. The van der Waals surface area contributed by atoms with E-state index in [1.807, 2.05) is 0 Å². The zero-order chi connectivity index (χ0) is 15.8. The minimum absolute atomic E-state index is 0.131. The van der Waals surface area contributed by atoms with Gasteiger partial charge in [0.25, 0.3) is 5.91 Å². The maximum atomic E-state index is 13.5. The number of nitrogens with one attached hydrogen (secondary N) is 1. The lowest BCUT2D eigenvalue weighted by Crippen LogP contribution is -2.46. The Kier molecular flexibility index (Phi) is 4.48. The van der Waals surface area contributed by atoms with Gasteiger partial charge in [0.15, 0.2) is 0 Å². The second-order valence-corrected chi connectivity index (χ2v) is 8.48. The van der Waals surface area contributed by atoms with Crippen molar-refractivity contribution < 1.29 is 9.18 Å². The minimum Gasteiger partial charge on any atom is -0.349 e. The number of rotatable bonds is 2. The smallest absolute Gasteiger partial charge is 0.252 e. The Morgan fingerprint density at radius 1 is 1.24 bits per heavy atom. The van der Waals surface area contributed by atoms with Crippen molar-refractivity contribution in [3.8, 4) is 0 Å². The van der Waals surface area contributed by atoms with Gasteiger partial charge in [-0.3, -0.25) is 4.79 Å². The Balaban J connectivity index is 2.14. The predicted molar refractivity (Wildman–Crippen MR) is 86.8 cm³/mol. The summed E-state index contributed by atoms with van der Waals surface area (Å²) >= 11 is 3.15. The highest BCUT2D eigenvalue weighted by Crippen LogP contribution is 2.45. The number of halogens is 2. The first-order valence-electron chi connectivity index (χ1n) is 7.35. The predicted octanol–water partition coefficient (Wildman–Crippen LogP) is 4.92. The third kappa shape index (κ3) is 4.06. The minimum atomic E-state index is -0.410. The van der Waals surface area contributed by atoms with Gasteiger partial charge in [-0.15, -0.1) is 0 Å². The van der Waals surface area contributed by atoms with E-state index in [4.69, 9.17) is 0 Å². The number of carbonyl (C=O) groups is 1. The van der Waals surface area contributed by atoms with Crippen LogP contribution in [-0.4, -0.2) is 11.9 Å². The van der Waals surface area contributed by atoms with E-state index in [-0.39, 0.29) is 27.3 Å². The highest BCUT2D eigenvalue weighted by Gasteiger charge is 2.39. The highest BCUT2D eigenvalue weighted by atomic mass is 79.9. The van der Waals surface area contributed by atoms with Gasteiger partial charge in [-0.05, 0) is 58.2 Å². The van der Waals surface area contributed by atoms with Crippen molar-refractivity contribution in [2.45, 2.75) is 53.0 Å². The van der Waals surface area contributed by atoms with Crippen molar-refractivity contribution in [2.75, 3.05) is 0 Å². The van der Waals surface area contributed by atoms with Gasteiger partial charge in [0, 0.05) is 6.04 Å². The monoisotopic (exact) mass is 355 g/mol. The average Bonchev–Trinajstić information content (AvgIpc) is 2.28. The Labute approximate surface area is 134 Å². The summed E-state index contributed by atoms with van der Waals surface area (Å²) in [4.78, 5) is 12.4. The molecule has 1 aromatic rings. The van der Waals surface area contributed by atoms with Gasteiger partial charge < -0.3 is 5.32 Å². The quantitative estimate of drug-likeness (QED) is 0.800. The van der Waals surface area contributed by atoms with Crippen LogP contribution in [0.5, 0.6) is 0 Å². The molecule has 2 nitrogen and oxygen atoms in total. The number of hydrogen-bond acceptors (Lipinski definition) is 1. The fourth-order valence-corrected chi connectivity index (χ4v) is 4.33. The third-order valence-electron chi connectivity index (χ3n) is 4.09. The molecule has 2 rings (SSSR count). The molecule has 0 heterocycles. The number of carbonyl (C=O) groups excluding carboxylic acids is 1. The molecule has 1 amide bonds. The maximum absolute atomic E-state index is 13.5. The lowest BCUT2D eigenvalue weighted by atomic mass is 9.63. The molecule has 0 spiro atoms. The molecular formula is C17H23BrFNO. The van der Waals surface area contributed by atoms with Crippen LogP contribution >= 0.6 is 15.9 Å². The molecule has 0 bridgehead atoms. The van der Waals surface area contributed by atoms with Gasteiger partial charge in [0.1, 0.15) is 5.82 Å². The molecule has 21 heavy (non-hydrogen) atoms. The fourth-order valence-electron chi connectivity index (χ4n) is 3.89. The summed E-state index contributed by atoms with van der Waals surface area (Å²) in [6.45, 7) is 8.96. The van der Waals surface area contributed by atoms with E-state index in [1.54, 1.807) is 12.1 Å². The molecule has 0 unspecified atom stereocenters. The summed E-state index contributed by atoms with van der Waals surface area (Å²) in [5, 5.41) is 3.08. The maximum Gasteiger partial charge on any atom is 0.252 e. The molecule has 0 aromatic heterocycles. The topological polar surface area (TPSA) is 29.1 Å². The first-order chi connectivity index (χ1) is 9.60. The van der Waals surface area contributed by atoms with Crippen LogP contribution in [0.2, 0.25) is 0 Å². The van der Waals surface area contributed by atoms with Crippen LogP contribution in [0, 0.1) is 16.6 Å². The zero-order valence-electron chi connectivity index (χ0n) is 13.1. The van der Waals surface area contributed by atoms with Crippen molar-refractivity contribution in [1.82, 2.24) is 5.32 Å². The summed E-state index contributed by atoms with van der Waals surface area (Å²) in [6, 6.07) is 4.67. The van der Waals surface area contributed by atoms with E-state index >= 15 is 0 Å². The zero-order valence-corrected chi connectivity index (χ0v) is 14.7. The molecule has 1 fully saturated rings. The summed E-state index contributed by atoms with van der Waals surface area (Å²) in [5.41, 5.74) is 0.772. The molecule has 1 saturated carbocycles. The first-order valence-corrected chi connectivity index (χ1v) is 8.14. The number of benzene rings is 1. The van der Waals surface area contributed by atoms with E-state index < -0.39 is 5.82 Å². The van der Waals surface area contributed by atoms with Crippen molar-refractivity contribution >= 4 is 21.8 Å². The molecule has 116 valence electrons. The van der Waals surface area contributed by atoms with E-state index in [9.17, 15) is 9.18 Å². The standard InChI is InChI=1S/C17H23BrFNO/c1-16(2)8-11(9-17(3,4)10-16)20-15(21)12-6-5-7-13(19)14(12)18/h5-7,11H,8-10H2,1-4H3,(H,20,21). The molecule has 1 aromatic carbocycles.